The van der Waals surface area contributed by atoms with Crippen LogP contribution < -0.4 is 10.6 Å². The molecule has 3 N–H and O–H groups in total. The first-order valence-electron chi connectivity index (χ1n) is 11.1. The Balaban J connectivity index is 1.71. The van der Waals surface area contributed by atoms with E-state index in [1.807, 2.05) is 41.9 Å². The number of hydroxylamine groups is 2. The molecule has 0 spiro atoms. The number of amides is 3. The van der Waals surface area contributed by atoms with Gasteiger partial charge in [-0.2, -0.15) is 0 Å². The van der Waals surface area contributed by atoms with Gasteiger partial charge in [0.25, 0.3) is 0 Å². The van der Waals surface area contributed by atoms with Gasteiger partial charge in [0.1, 0.15) is 12.2 Å². The molecular weight excluding hydrogens is 480 g/mol. The Morgan fingerprint density at radius 3 is 2.21 bits per heavy atom. The Labute approximate surface area is 206 Å². The molecule has 2 aromatic rings. The number of urea groups is 1. The number of carbonyl (C=O) groups excluding carboxylic acids is 2. The lowest BCUT2D eigenvalue weighted by Gasteiger charge is -2.29. The molecule has 3 rings (SSSR count). The molecule has 2 atom stereocenters. The van der Waals surface area contributed by atoms with Crippen LogP contribution in [-0.4, -0.2) is 58.6 Å². The van der Waals surface area contributed by atoms with Crippen LogP contribution >= 0.6 is 22.7 Å². The van der Waals surface area contributed by atoms with E-state index in [1.54, 1.807) is 27.6 Å². The number of rotatable bonds is 13. The maximum Gasteiger partial charge on any atom is 0.316 e. The average Bonchev–Trinajstić information content (AvgIpc) is 3.59. The Bertz CT molecular complexity index is 866. The predicted molar refractivity (Wildman–Crippen MR) is 128 cm³/mol. The van der Waals surface area contributed by atoms with E-state index in [-0.39, 0.29) is 19.1 Å². The van der Waals surface area contributed by atoms with E-state index in [9.17, 15) is 19.5 Å². The van der Waals surface area contributed by atoms with E-state index < -0.39 is 30.6 Å². The zero-order chi connectivity index (χ0) is 24.3. The van der Waals surface area contributed by atoms with Crippen molar-refractivity contribution < 1.29 is 29.2 Å². The van der Waals surface area contributed by atoms with E-state index in [0.29, 0.717) is 19.5 Å². The summed E-state index contributed by atoms with van der Waals surface area (Å²) in [5.41, 5.74) is 0. The molecule has 2 aromatic heterocycles. The molecule has 0 aliphatic carbocycles. The highest BCUT2D eigenvalue weighted by atomic mass is 32.1. The van der Waals surface area contributed by atoms with Gasteiger partial charge >= 0.3 is 12.0 Å². The normalized spacial score (nSPS) is 15.6. The van der Waals surface area contributed by atoms with Crippen molar-refractivity contribution in [1.82, 2.24) is 20.8 Å². The molecular formula is C22H30N4O6S2. The Morgan fingerprint density at radius 1 is 1.09 bits per heavy atom. The SMILES string of the molecule is CCCC[C@H](NC(=O)N[C@H](CC(=O)O)N1OCCO1)C(=O)N(Cc1cccs1)Cc1cccs1. The first kappa shape index (κ1) is 26.1. The molecule has 0 bridgehead atoms. The fourth-order valence-electron chi connectivity index (χ4n) is 3.45. The highest BCUT2D eigenvalue weighted by molar-refractivity contribution is 7.10. The molecule has 0 saturated carbocycles. The highest BCUT2D eigenvalue weighted by Gasteiger charge is 2.31. The zero-order valence-electron chi connectivity index (χ0n) is 19.0. The highest BCUT2D eigenvalue weighted by Crippen LogP contribution is 2.19. The van der Waals surface area contributed by atoms with E-state index in [1.165, 1.54) is 0 Å². The summed E-state index contributed by atoms with van der Waals surface area (Å²) in [6, 6.07) is 6.43. The van der Waals surface area contributed by atoms with E-state index in [0.717, 1.165) is 27.8 Å². The largest absolute Gasteiger partial charge is 0.481 e. The van der Waals surface area contributed by atoms with Gasteiger partial charge in [0.15, 0.2) is 0 Å². The van der Waals surface area contributed by atoms with E-state index in [4.69, 9.17) is 9.68 Å². The van der Waals surface area contributed by atoms with Crippen LogP contribution in [0.1, 0.15) is 42.4 Å². The minimum absolute atomic E-state index is 0.186. The first-order valence-corrected chi connectivity index (χ1v) is 12.9. The van der Waals surface area contributed by atoms with Gasteiger partial charge in [0.05, 0.1) is 32.7 Å². The molecule has 12 heteroatoms. The number of aliphatic carboxylic acids is 1. The molecule has 1 saturated heterocycles. The minimum atomic E-state index is -1.12. The maximum atomic E-state index is 13.6. The average molecular weight is 511 g/mol. The van der Waals surface area contributed by atoms with Gasteiger partial charge in [0, 0.05) is 9.75 Å². The molecule has 10 nitrogen and oxygen atoms in total. The van der Waals surface area contributed by atoms with Crippen LogP contribution in [0.4, 0.5) is 4.79 Å². The summed E-state index contributed by atoms with van der Waals surface area (Å²) < 4.78 is 0. The van der Waals surface area contributed by atoms with Crippen molar-refractivity contribution in [2.75, 3.05) is 13.2 Å². The van der Waals surface area contributed by atoms with Crippen molar-refractivity contribution in [1.29, 1.82) is 0 Å². The number of nitrogens with one attached hydrogen (secondary N) is 2. The molecule has 34 heavy (non-hydrogen) atoms. The molecule has 3 heterocycles. The lowest BCUT2D eigenvalue weighted by atomic mass is 10.1. The minimum Gasteiger partial charge on any atom is -0.481 e. The molecule has 0 unspecified atom stereocenters. The van der Waals surface area contributed by atoms with Crippen LogP contribution in [0.25, 0.3) is 0 Å². The van der Waals surface area contributed by atoms with Crippen molar-refractivity contribution in [3.05, 3.63) is 44.8 Å². The molecule has 1 aliphatic rings. The first-order chi connectivity index (χ1) is 16.5. The topological polar surface area (TPSA) is 120 Å². The fraction of sp³-hybridized carbons (Fsp3) is 0.500. The van der Waals surface area contributed by atoms with Crippen molar-refractivity contribution in [2.45, 2.75) is 57.9 Å². The van der Waals surface area contributed by atoms with Crippen LogP contribution in [0.3, 0.4) is 0 Å². The van der Waals surface area contributed by atoms with Crippen LogP contribution in [-0.2, 0) is 32.4 Å². The standard InChI is InChI=1S/C22H30N4O6S2/c1-2-3-8-18(23-22(30)24-19(13-20(27)28)26-31-9-10-32-26)21(29)25(14-16-6-4-11-33-16)15-17-7-5-12-34-17/h4-7,11-12,18-19H,2-3,8-10,13-15H2,1H3,(H,27,28)(H2,23,24,30)/t18-,19-/m0/s1. The third kappa shape index (κ3) is 8.06. The summed E-state index contributed by atoms with van der Waals surface area (Å²) in [4.78, 5) is 51.9. The Morgan fingerprint density at radius 2 is 1.71 bits per heavy atom. The number of hydrogen-bond acceptors (Lipinski definition) is 8. The monoisotopic (exact) mass is 510 g/mol. The Kier molecular flexibility index (Phi) is 10.3. The van der Waals surface area contributed by atoms with Gasteiger partial charge in [-0.3, -0.25) is 19.3 Å². The maximum absolute atomic E-state index is 13.6. The summed E-state index contributed by atoms with van der Waals surface area (Å²) in [5.74, 6) is -1.31. The second kappa shape index (κ2) is 13.4. The number of hydrogen-bond donors (Lipinski definition) is 3. The van der Waals surface area contributed by atoms with Gasteiger partial charge in [-0.1, -0.05) is 31.9 Å². The second-order valence-corrected chi connectivity index (χ2v) is 9.80. The van der Waals surface area contributed by atoms with Gasteiger partial charge in [-0.05, 0) is 34.5 Å². The molecule has 0 aromatic carbocycles. The molecule has 1 aliphatic heterocycles. The molecule has 1 fully saturated rings. The quantitative estimate of drug-likeness (QED) is 0.379. The lowest BCUT2D eigenvalue weighted by molar-refractivity contribution is -0.326. The van der Waals surface area contributed by atoms with Crippen molar-refractivity contribution in [2.24, 2.45) is 0 Å². The number of thiophene rings is 2. The van der Waals surface area contributed by atoms with E-state index in [2.05, 4.69) is 10.6 Å². The number of carboxylic acid groups (broad SMARTS) is 1. The van der Waals surface area contributed by atoms with Crippen molar-refractivity contribution in [3.8, 4) is 0 Å². The summed E-state index contributed by atoms with van der Waals surface area (Å²) >= 11 is 3.15. The number of carbonyl (C=O) groups is 3. The fourth-order valence-corrected chi connectivity index (χ4v) is 4.88. The number of carboxylic acids is 1. The summed E-state index contributed by atoms with van der Waals surface area (Å²) in [6.07, 6.45) is 0.618. The summed E-state index contributed by atoms with van der Waals surface area (Å²) in [6.45, 7) is 3.42. The van der Waals surface area contributed by atoms with Crippen LogP contribution in [0.5, 0.6) is 0 Å². The lowest BCUT2D eigenvalue weighted by Crippen LogP contribution is -2.55. The van der Waals surface area contributed by atoms with Crippen LogP contribution in [0, 0.1) is 0 Å². The van der Waals surface area contributed by atoms with Crippen LogP contribution in [0.15, 0.2) is 35.0 Å². The van der Waals surface area contributed by atoms with Crippen molar-refractivity contribution >= 4 is 40.6 Å². The van der Waals surface area contributed by atoms with Gasteiger partial charge < -0.3 is 20.6 Å². The number of nitrogens with zero attached hydrogens (tertiary/aromatic N) is 2. The zero-order valence-corrected chi connectivity index (χ0v) is 20.6. The number of unbranched alkanes of at least 4 members (excludes halogenated alkanes) is 1. The summed E-state index contributed by atoms with van der Waals surface area (Å²) in [7, 11) is 0. The van der Waals surface area contributed by atoms with E-state index >= 15 is 0 Å². The predicted octanol–water partition coefficient (Wildman–Crippen LogP) is 3.18. The van der Waals surface area contributed by atoms with Gasteiger partial charge in [0.2, 0.25) is 5.91 Å². The third-order valence-corrected chi connectivity index (χ3v) is 6.78. The van der Waals surface area contributed by atoms with Crippen molar-refractivity contribution in [3.63, 3.8) is 0 Å². The van der Waals surface area contributed by atoms with Crippen LogP contribution in [0.2, 0.25) is 0 Å². The smallest absolute Gasteiger partial charge is 0.316 e. The summed E-state index contributed by atoms with van der Waals surface area (Å²) in [5, 5.41) is 19.4. The van der Waals surface area contributed by atoms with Gasteiger partial charge in [-0.15, -0.1) is 22.7 Å². The molecule has 186 valence electrons. The van der Waals surface area contributed by atoms with Gasteiger partial charge in [-0.25, -0.2) is 4.79 Å². The Hall–Kier alpha value is -2.51. The second-order valence-electron chi connectivity index (χ2n) is 7.73. The molecule has 0 radical (unpaired) electrons. The third-order valence-electron chi connectivity index (χ3n) is 5.06. The molecule has 3 amide bonds.